The van der Waals surface area contributed by atoms with Crippen LogP contribution in [0.1, 0.15) is 19.8 Å². The molecular weight excluding hydrogens is 443 g/mol. The minimum Gasteiger partial charge on any atom is -0.379 e. The lowest BCUT2D eigenvalue weighted by Gasteiger charge is -2.20. The van der Waals surface area contributed by atoms with Gasteiger partial charge in [-0.1, -0.05) is 31.5 Å². The second-order valence-corrected chi connectivity index (χ2v) is 5.76. The van der Waals surface area contributed by atoms with Crippen molar-refractivity contribution in [3.63, 3.8) is 0 Å². The van der Waals surface area contributed by atoms with Gasteiger partial charge in [0.05, 0.1) is 19.8 Å². The number of anilines is 1. The van der Waals surface area contributed by atoms with Crippen molar-refractivity contribution in [2.45, 2.75) is 19.8 Å². The molecule has 0 aliphatic rings. The molecule has 0 spiro atoms. The Morgan fingerprint density at radius 1 is 1.00 bits per heavy atom. The maximum atomic E-state index is 5.53. The Kier molecular flexibility index (Phi) is 16.7. The number of nitrogens with one attached hydrogen (secondary N) is 2. The number of ether oxygens (including phenoxy) is 2. The lowest BCUT2D eigenvalue weighted by atomic mass is 10.3. The van der Waals surface area contributed by atoms with Gasteiger partial charge in [-0.25, -0.2) is 0 Å². The molecule has 1 aromatic carbocycles. The molecule has 1 aromatic rings. The summed E-state index contributed by atoms with van der Waals surface area (Å²) in [6.45, 7) is 7.37. The summed E-state index contributed by atoms with van der Waals surface area (Å²) < 4.78 is 11.0. The van der Waals surface area contributed by atoms with Gasteiger partial charge in [0.2, 0.25) is 0 Å². The molecule has 6 nitrogen and oxygen atoms in total. The summed E-state index contributed by atoms with van der Waals surface area (Å²) in [5.41, 5.74) is 1.21. The largest absolute Gasteiger partial charge is 0.379 e. The summed E-state index contributed by atoms with van der Waals surface area (Å²) in [6, 6.07) is 10.3. The monoisotopic (exact) mass is 478 g/mol. The Morgan fingerprint density at radius 3 is 2.31 bits per heavy atom. The molecule has 0 heterocycles. The third kappa shape index (κ3) is 12.3. The molecule has 0 unspecified atom stereocenters. The first-order chi connectivity index (χ1) is 12.3. The zero-order valence-corrected chi connectivity index (χ0v) is 18.7. The molecule has 0 atom stereocenters. The van der Waals surface area contributed by atoms with E-state index < -0.39 is 0 Å². The van der Waals surface area contributed by atoms with E-state index in [2.05, 4.69) is 58.8 Å². The Labute approximate surface area is 175 Å². The average Bonchev–Trinajstić information content (AvgIpc) is 2.65. The Balaban J connectivity index is 0.00000625. The first-order valence-corrected chi connectivity index (χ1v) is 9.14. The molecule has 0 saturated carbocycles. The van der Waals surface area contributed by atoms with Crippen LogP contribution in [0, 0.1) is 0 Å². The SMILES string of the molecule is CCCCOCCOCCNC(=NC)NCCN(C)c1ccccc1.I. The zero-order valence-electron chi connectivity index (χ0n) is 16.4. The number of guanidine groups is 1. The van der Waals surface area contributed by atoms with Crippen LogP contribution in [0.25, 0.3) is 0 Å². The molecule has 0 aliphatic heterocycles. The van der Waals surface area contributed by atoms with Crippen LogP contribution in [-0.4, -0.2) is 66.1 Å². The maximum absolute atomic E-state index is 5.53. The number of benzene rings is 1. The third-order valence-corrected chi connectivity index (χ3v) is 3.71. The molecule has 150 valence electrons. The number of unbranched alkanes of at least 4 members (excludes halogenated alkanes) is 1. The fourth-order valence-corrected chi connectivity index (χ4v) is 2.18. The summed E-state index contributed by atoms with van der Waals surface area (Å²) in [4.78, 5) is 6.43. The van der Waals surface area contributed by atoms with Crippen molar-refractivity contribution in [1.29, 1.82) is 0 Å². The zero-order chi connectivity index (χ0) is 18.2. The first-order valence-electron chi connectivity index (χ1n) is 9.14. The third-order valence-electron chi connectivity index (χ3n) is 3.71. The highest BCUT2D eigenvalue weighted by Gasteiger charge is 2.01. The van der Waals surface area contributed by atoms with Crippen molar-refractivity contribution in [3.05, 3.63) is 30.3 Å². The second kappa shape index (κ2) is 17.4. The van der Waals surface area contributed by atoms with Crippen LogP contribution in [0.15, 0.2) is 35.3 Å². The van der Waals surface area contributed by atoms with Crippen LogP contribution >= 0.6 is 24.0 Å². The Morgan fingerprint density at radius 2 is 1.65 bits per heavy atom. The molecule has 0 aliphatic carbocycles. The molecule has 0 radical (unpaired) electrons. The van der Waals surface area contributed by atoms with Gasteiger partial charge in [0.15, 0.2) is 5.96 Å². The van der Waals surface area contributed by atoms with E-state index >= 15 is 0 Å². The minimum atomic E-state index is 0. The number of nitrogens with zero attached hydrogens (tertiary/aromatic N) is 2. The van der Waals surface area contributed by atoms with E-state index in [1.54, 1.807) is 7.05 Å². The fraction of sp³-hybridized carbons (Fsp3) is 0.632. The summed E-state index contributed by atoms with van der Waals surface area (Å²) in [7, 11) is 3.86. The van der Waals surface area contributed by atoms with Crippen molar-refractivity contribution >= 4 is 35.6 Å². The predicted octanol–water partition coefficient (Wildman–Crippen LogP) is 2.74. The summed E-state index contributed by atoms with van der Waals surface area (Å²) >= 11 is 0. The molecular formula is C19H35IN4O2. The molecule has 2 N–H and O–H groups in total. The normalized spacial score (nSPS) is 11.0. The molecule has 0 amide bonds. The highest BCUT2D eigenvalue weighted by atomic mass is 127. The number of para-hydroxylation sites is 1. The van der Waals surface area contributed by atoms with Crippen LogP contribution in [-0.2, 0) is 9.47 Å². The highest BCUT2D eigenvalue weighted by molar-refractivity contribution is 14.0. The number of rotatable bonds is 13. The summed E-state index contributed by atoms with van der Waals surface area (Å²) in [5.74, 6) is 0.796. The maximum Gasteiger partial charge on any atom is 0.191 e. The van der Waals surface area contributed by atoms with Gasteiger partial charge in [0.25, 0.3) is 0 Å². The number of aliphatic imine (C=N–C) groups is 1. The molecule has 7 heteroatoms. The topological polar surface area (TPSA) is 58.1 Å². The number of hydrogen-bond donors (Lipinski definition) is 2. The van der Waals surface area contributed by atoms with E-state index in [1.807, 2.05) is 6.07 Å². The molecule has 0 fully saturated rings. The van der Waals surface area contributed by atoms with Crippen molar-refractivity contribution in [1.82, 2.24) is 10.6 Å². The van der Waals surface area contributed by atoms with Crippen molar-refractivity contribution in [3.8, 4) is 0 Å². The van der Waals surface area contributed by atoms with Crippen molar-refractivity contribution < 1.29 is 9.47 Å². The molecule has 0 bridgehead atoms. The van der Waals surface area contributed by atoms with Crippen molar-refractivity contribution in [2.75, 3.05) is 65.1 Å². The van der Waals surface area contributed by atoms with Crippen LogP contribution in [0.5, 0.6) is 0 Å². The van der Waals surface area contributed by atoms with Gasteiger partial charge in [0.1, 0.15) is 0 Å². The molecule has 0 saturated heterocycles. The highest BCUT2D eigenvalue weighted by Crippen LogP contribution is 2.09. The van der Waals surface area contributed by atoms with Crippen LogP contribution in [0.4, 0.5) is 5.69 Å². The predicted molar refractivity (Wildman–Crippen MR) is 121 cm³/mol. The van der Waals surface area contributed by atoms with E-state index in [-0.39, 0.29) is 24.0 Å². The van der Waals surface area contributed by atoms with Gasteiger partial charge >= 0.3 is 0 Å². The quantitative estimate of drug-likeness (QED) is 0.198. The van der Waals surface area contributed by atoms with E-state index in [4.69, 9.17) is 9.47 Å². The van der Waals surface area contributed by atoms with Gasteiger partial charge < -0.3 is 25.0 Å². The fourth-order valence-electron chi connectivity index (χ4n) is 2.18. The van der Waals surface area contributed by atoms with Gasteiger partial charge in [0, 0.05) is 46.0 Å². The van der Waals surface area contributed by atoms with E-state index in [0.29, 0.717) is 19.8 Å². The standard InChI is InChI=1S/C19H34N4O2.HI/c1-4-5-14-24-16-17-25-15-12-22-19(20-2)21-11-13-23(3)18-9-7-6-8-10-18;/h6-10H,4-5,11-17H2,1-3H3,(H2,20,21,22);1H. The van der Waals surface area contributed by atoms with E-state index in [9.17, 15) is 0 Å². The summed E-state index contributed by atoms with van der Waals surface area (Å²) in [5, 5.41) is 6.56. The lowest BCUT2D eigenvalue weighted by molar-refractivity contribution is 0.0487. The summed E-state index contributed by atoms with van der Waals surface area (Å²) in [6.07, 6.45) is 2.28. The number of likely N-dealkylation sites (N-methyl/N-ethyl adjacent to an activating group) is 1. The average molecular weight is 478 g/mol. The van der Waals surface area contributed by atoms with Crippen LogP contribution in [0.2, 0.25) is 0 Å². The number of halogens is 1. The Hall–Kier alpha value is -1.06. The van der Waals surface area contributed by atoms with Gasteiger partial charge in [-0.15, -0.1) is 24.0 Å². The molecule has 1 rings (SSSR count). The van der Waals surface area contributed by atoms with Crippen molar-refractivity contribution in [2.24, 2.45) is 4.99 Å². The minimum absolute atomic E-state index is 0. The van der Waals surface area contributed by atoms with Crippen LogP contribution < -0.4 is 15.5 Å². The second-order valence-electron chi connectivity index (χ2n) is 5.76. The van der Waals surface area contributed by atoms with Gasteiger partial charge in [-0.3, -0.25) is 4.99 Å². The molecule has 26 heavy (non-hydrogen) atoms. The van der Waals surface area contributed by atoms with E-state index in [0.717, 1.165) is 45.0 Å². The lowest BCUT2D eigenvalue weighted by Crippen LogP contribution is -2.42. The van der Waals surface area contributed by atoms with Gasteiger partial charge in [-0.2, -0.15) is 0 Å². The first kappa shape index (κ1) is 24.9. The van der Waals surface area contributed by atoms with Gasteiger partial charge in [-0.05, 0) is 18.6 Å². The molecule has 0 aromatic heterocycles. The van der Waals surface area contributed by atoms with E-state index in [1.165, 1.54) is 5.69 Å². The van der Waals surface area contributed by atoms with Crippen LogP contribution in [0.3, 0.4) is 0 Å². The number of hydrogen-bond acceptors (Lipinski definition) is 4. The smallest absolute Gasteiger partial charge is 0.191 e. The Bertz CT molecular complexity index is 460.